The molecule has 2 fully saturated rings. The number of ether oxygens (including phenoxy) is 6. The molecule has 2 unspecified atom stereocenters. The van der Waals surface area contributed by atoms with Gasteiger partial charge in [-0.05, 0) is 95.0 Å². The van der Waals surface area contributed by atoms with Crippen LogP contribution in [-0.2, 0) is 23.7 Å². The maximum atomic E-state index is 13.9. The van der Waals surface area contributed by atoms with E-state index in [9.17, 15) is 24.0 Å². The normalized spacial score (nSPS) is 15.8. The third-order valence-corrected chi connectivity index (χ3v) is 7.86. The zero-order chi connectivity index (χ0) is 34.8. The van der Waals surface area contributed by atoms with Gasteiger partial charge in [-0.25, -0.2) is 19.4 Å². The topological polar surface area (TPSA) is 166 Å². The van der Waals surface area contributed by atoms with Crippen LogP contribution in [0.5, 0.6) is 5.75 Å². The van der Waals surface area contributed by atoms with Gasteiger partial charge in [0.15, 0.2) is 18.1 Å². The van der Waals surface area contributed by atoms with Crippen molar-refractivity contribution in [2.45, 2.75) is 90.3 Å². The highest BCUT2D eigenvalue weighted by molar-refractivity contribution is 6.01. The lowest BCUT2D eigenvalue weighted by molar-refractivity contribution is -0.152. The van der Waals surface area contributed by atoms with E-state index in [0.717, 1.165) is 32.1 Å². The van der Waals surface area contributed by atoms with Gasteiger partial charge in [-0.1, -0.05) is 19.1 Å². The highest BCUT2D eigenvalue weighted by atomic mass is 16.8. The van der Waals surface area contributed by atoms with Crippen molar-refractivity contribution in [3.8, 4) is 16.9 Å². The number of aromatic nitrogens is 1. The molecule has 0 saturated heterocycles. The van der Waals surface area contributed by atoms with Crippen LogP contribution in [0.15, 0.2) is 30.8 Å². The summed E-state index contributed by atoms with van der Waals surface area (Å²) in [6.07, 6.45) is 2.13. The van der Waals surface area contributed by atoms with Crippen LogP contribution < -0.4 is 10.1 Å². The molecule has 1 N–H and O–H groups in total. The van der Waals surface area contributed by atoms with E-state index < -0.39 is 42.7 Å². The summed E-state index contributed by atoms with van der Waals surface area (Å²) in [6, 6.07) is 5.93. The van der Waals surface area contributed by atoms with Crippen LogP contribution in [0, 0.1) is 5.92 Å². The Hall–Kier alpha value is -4.94. The number of carbonyl (C=O) groups excluding carboxylic acids is 5. The summed E-state index contributed by atoms with van der Waals surface area (Å²) >= 11 is 0. The summed E-state index contributed by atoms with van der Waals surface area (Å²) in [5.74, 6) is -0.928. The number of nitrogens with zero attached hydrogens (tertiary/aromatic N) is 1. The molecule has 1 aromatic carbocycles. The number of hydrogen-bond donors (Lipinski definition) is 1. The van der Waals surface area contributed by atoms with Gasteiger partial charge in [-0.15, -0.1) is 0 Å². The Morgan fingerprint density at radius 1 is 0.917 bits per heavy atom. The molecule has 1 amide bonds. The third-order valence-electron chi connectivity index (χ3n) is 7.86. The molecular weight excluding hydrogens is 624 g/mol. The van der Waals surface area contributed by atoms with Crippen LogP contribution in [0.3, 0.4) is 0 Å². The lowest BCUT2D eigenvalue weighted by Crippen LogP contribution is -2.38. The minimum atomic E-state index is -1.81. The van der Waals surface area contributed by atoms with Crippen molar-refractivity contribution in [2.75, 3.05) is 13.7 Å². The Morgan fingerprint density at radius 2 is 1.65 bits per heavy atom. The number of methoxy groups -OCH3 is 1. The average Bonchev–Trinajstić information content (AvgIpc) is 3.90. The van der Waals surface area contributed by atoms with E-state index in [0.29, 0.717) is 42.9 Å². The van der Waals surface area contributed by atoms with Crippen molar-refractivity contribution in [2.24, 2.45) is 5.92 Å². The molecule has 2 aliphatic carbocycles. The maximum Gasteiger partial charge on any atom is 0.511 e. The van der Waals surface area contributed by atoms with Crippen molar-refractivity contribution in [1.29, 1.82) is 0 Å². The fourth-order valence-corrected chi connectivity index (χ4v) is 5.14. The van der Waals surface area contributed by atoms with Crippen LogP contribution in [-0.4, -0.2) is 73.7 Å². The molecule has 2 aromatic rings. The fraction of sp³-hybridized carbons (Fsp3) is 0.486. The highest BCUT2D eigenvalue weighted by Crippen LogP contribution is 2.34. The predicted octanol–water partition coefficient (Wildman–Crippen LogP) is 6.27. The molecule has 13 heteroatoms. The van der Waals surface area contributed by atoms with Crippen LogP contribution in [0.25, 0.3) is 17.2 Å². The van der Waals surface area contributed by atoms with Crippen molar-refractivity contribution >= 4 is 36.5 Å². The molecule has 2 saturated carbocycles. The van der Waals surface area contributed by atoms with E-state index in [4.69, 9.17) is 28.4 Å². The van der Waals surface area contributed by atoms with Crippen LogP contribution in [0.1, 0.15) is 103 Å². The number of aldehydes is 1. The molecule has 0 radical (unpaired) electrons. The quantitative estimate of drug-likeness (QED) is 0.104. The molecule has 0 bridgehead atoms. The second kappa shape index (κ2) is 16.8. The Bertz CT molecular complexity index is 1510. The maximum absolute atomic E-state index is 13.9. The number of pyridine rings is 1. The van der Waals surface area contributed by atoms with Crippen molar-refractivity contribution in [3.05, 3.63) is 53.4 Å². The first-order chi connectivity index (χ1) is 23.0. The Labute approximate surface area is 279 Å². The Morgan fingerprint density at radius 3 is 2.27 bits per heavy atom. The Kier molecular flexibility index (Phi) is 12.5. The van der Waals surface area contributed by atoms with Crippen molar-refractivity contribution in [1.82, 2.24) is 10.3 Å². The summed E-state index contributed by atoms with van der Waals surface area (Å²) < 4.78 is 32.2. The van der Waals surface area contributed by atoms with Gasteiger partial charge in [-0.3, -0.25) is 9.59 Å². The molecular formula is C35H42N2O11. The van der Waals surface area contributed by atoms with Gasteiger partial charge >= 0.3 is 18.3 Å². The first kappa shape index (κ1) is 35.9. The van der Waals surface area contributed by atoms with E-state index in [1.807, 2.05) is 0 Å². The van der Waals surface area contributed by atoms with Crippen LogP contribution in [0.2, 0.25) is 0 Å². The lowest BCUT2D eigenvalue weighted by Gasteiger charge is -2.26. The van der Waals surface area contributed by atoms with Gasteiger partial charge in [0.1, 0.15) is 17.5 Å². The van der Waals surface area contributed by atoms with Crippen LogP contribution >= 0.6 is 0 Å². The number of amides is 1. The smallest absolute Gasteiger partial charge is 0.496 e. The third kappa shape index (κ3) is 9.79. The summed E-state index contributed by atoms with van der Waals surface area (Å²) in [7, 11) is 1.44. The van der Waals surface area contributed by atoms with Gasteiger partial charge in [0.05, 0.1) is 13.2 Å². The largest absolute Gasteiger partial charge is 0.511 e. The van der Waals surface area contributed by atoms with Crippen LogP contribution in [0.4, 0.5) is 9.59 Å². The zero-order valence-corrected chi connectivity index (χ0v) is 27.7. The van der Waals surface area contributed by atoms with Crippen molar-refractivity contribution in [3.63, 3.8) is 0 Å². The van der Waals surface area contributed by atoms with Gasteiger partial charge in [0.25, 0.3) is 12.2 Å². The van der Waals surface area contributed by atoms with Gasteiger partial charge in [0.2, 0.25) is 0 Å². The SMILES string of the molecule is C=Cc1cc(C=O)c(-c2ccc(C(=O)NCC3CC3)nc2C(=O)OC(OC(=O)OC(C)C)C(C)OC(=O)OC2CCCCC2)cc1OC. The summed E-state index contributed by atoms with van der Waals surface area (Å²) in [5, 5.41) is 2.80. The fourth-order valence-electron chi connectivity index (χ4n) is 5.14. The van der Waals surface area contributed by atoms with E-state index in [-0.39, 0.29) is 34.2 Å². The van der Waals surface area contributed by atoms with Gasteiger partial charge in [-0.2, -0.15) is 0 Å². The second-order valence-corrected chi connectivity index (χ2v) is 12.0. The Balaban J connectivity index is 1.68. The first-order valence-corrected chi connectivity index (χ1v) is 16.1. The van der Waals surface area contributed by atoms with Gasteiger partial charge < -0.3 is 33.7 Å². The minimum Gasteiger partial charge on any atom is -0.496 e. The summed E-state index contributed by atoms with van der Waals surface area (Å²) in [4.78, 5) is 68.6. The lowest BCUT2D eigenvalue weighted by atomic mass is 9.95. The number of hydrogen-bond acceptors (Lipinski definition) is 12. The zero-order valence-electron chi connectivity index (χ0n) is 27.7. The molecule has 2 aliphatic rings. The first-order valence-electron chi connectivity index (χ1n) is 16.1. The van der Waals surface area contributed by atoms with E-state index in [1.165, 1.54) is 44.4 Å². The second-order valence-electron chi connectivity index (χ2n) is 12.0. The minimum absolute atomic E-state index is 0.0919. The monoisotopic (exact) mass is 666 g/mol. The number of benzene rings is 1. The summed E-state index contributed by atoms with van der Waals surface area (Å²) in [5.41, 5.74) is 0.583. The molecule has 0 spiro atoms. The molecule has 13 nitrogen and oxygen atoms in total. The average molecular weight is 667 g/mol. The number of rotatable bonds is 14. The van der Waals surface area contributed by atoms with E-state index in [1.54, 1.807) is 13.8 Å². The number of esters is 1. The standard InChI is InChI=1S/C35H42N2O11/c1-6-23-16-24(19-38)27(17-29(23)43-5)26-14-15-28(31(39)36-18-22-12-13-22)37-30(26)32(40)47-33(48-34(41)44-20(2)3)21(4)45-35(42)46-25-10-8-7-9-11-25/h6,14-17,19-22,25,33H,1,7-13,18H2,2-5H3,(H,36,39). The van der Waals surface area contributed by atoms with Crippen molar-refractivity contribution < 1.29 is 52.4 Å². The summed E-state index contributed by atoms with van der Waals surface area (Å²) in [6.45, 7) is 8.74. The molecule has 1 heterocycles. The number of carbonyl (C=O) groups is 5. The number of nitrogens with one attached hydrogen (secondary N) is 1. The van der Waals surface area contributed by atoms with E-state index in [2.05, 4.69) is 16.9 Å². The van der Waals surface area contributed by atoms with Gasteiger partial charge in [0, 0.05) is 23.2 Å². The molecule has 0 aliphatic heterocycles. The molecule has 4 rings (SSSR count). The molecule has 2 atom stereocenters. The predicted molar refractivity (Wildman–Crippen MR) is 173 cm³/mol. The molecule has 258 valence electrons. The molecule has 48 heavy (non-hydrogen) atoms. The highest BCUT2D eigenvalue weighted by Gasteiger charge is 2.34. The molecule has 1 aromatic heterocycles. The van der Waals surface area contributed by atoms with E-state index >= 15 is 0 Å².